The van der Waals surface area contributed by atoms with Gasteiger partial charge in [0.1, 0.15) is 12.1 Å². The van der Waals surface area contributed by atoms with E-state index in [1.807, 2.05) is 21.6 Å². The van der Waals surface area contributed by atoms with Gasteiger partial charge in [0.2, 0.25) is 0 Å². The molecule has 2 heterocycles. The number of carbonyl (C=O) groups is 2. The average Bonchev–Trinajstić information content (AvgIpc) is 3.39. The number of fused-ring (bicyclic) bond motifs is 1. The quantitative estimate of drug-likeness (QED) is 0.117. The summed E-state index contributed by atoms with van der Waals surface area (Å²) in [7, 11) is 0. The maximum Gasteiger partial charge on any atom is 0.254 e. The number of hydrogen-bond donors (Lipinski definition) is 3. The number of aromatic nitrogens is 2. The minimum atomic E-state index is -0.545. The number of aryl methyl sites for hydroxylation is 1. The summed E-state index contributed by atoms with van der Waals surface area (Å²) in [6.45, 7) is 6.64. The Morgan fingerprint density at radius 2 is 2.00 bits per heavy atom. The second-order valence-corrected chi connectivity index (χ2v) is 11.0. The number of benzene rings is 3. The van der Waals surface area contributed by atoms with Crippen molar-refractivity contribution < 1.29 is 9.59 Å². The first kappa shape index (κ1) is 29.3. The van der Waals surface area contributed by atoms with Gasteiger partial charge in [-0.2, -0.15) is 5.26 Å². The van der Waals surface area contributed by atoms with Crippen molar-refractivity contribution in [2.24, 2.45) is 5.73 Å². The number of carbonyl (C=O) groups excluding carboxylic acids is 2. The lowest BCUT2D eigenvalue weighted by Crippen LogP contribution is -2.53. The molecule has 1 aromatic heterocycles. The first-order chi connectivity index (χ1) is 20.8. The lowest BCUT2D eigenvalue weighted by atomic mass is 10.1. The fourth-order valence-corrected chi connectivity index (χ4v) is 5.81. The zero-order chi connectivity index (χ0) is 30.5. The number of rotatable bonds is 9. The van der Waals surface area contributed by atoms with Crippen molar-refractivity contribution >= 4 is 34.9 Å². The molecular formula is C33H36N8O2. The van der Waals surface area contributed by atoms with E-state index in [4.69, 9.17) is 16.1 Å². The summed E-state index contributed by atoms with van der Waals surface area (Å²) in [5, 5.41) is 19.6. The van der Waals surface area contributed by atoms with Gasteiger partial charge in [-0.3, -0.25) is 10.2 Å². The minimum Gasteiger partial charge on any atom is -0.370 e. The van der Waals surface area contributed by atoms with E-state index in [9.17, 15) is 14.9 Å². The van der Waals surface area contributed by atoms with Crippen molar-refractivity contribution in [1.29, 1.82) is 10.7 Å². The van der Waals surface area contributed by atoms with E-state index < -0.39 is 6.04 Å². The van der Waals surface area contributed by atoms with E-state index in [-0.39, 0.29) is 17.9 Å². The molecule has 2 unspecified atom stereocenters. The van der Waals surface area contributed by atoms with Crippen LogP contribution in [-0.2, 0) is 4.79 Å². The monoisotopic (exact) mass is 576 g/mol. The number of nitriles is 1. The standard InChI is InChI=1S/C33H36N8O2/c1-22-6-3-9-27(16-22)40-15-14-39(20-23(40)2)32(43)26-11-12-30-29(18-26)38-31(25-8-4-7-24(17-25)19-34)41(30)28(21-42)10-5-13-37-33(35)36/h3-4,6-9,11-12,16-18,21,23,28H,5,10,13-15,20H2,1-2H3,(H4,35,36,37). The molecule has 0 bridgehead atoms. The van der Waals surface area contributed by atoms with Gasteiger partial charge in [-0.1, -0.05) is 24.3 Å². The van der Waals surface area contributed by atoms with Gasteiger partial charge in [-0.25, -0.2) is 4.98 Å². The molecule has 1 amide bonds. The van der Waals surface area contributed by atoms with E-state index in [2.05, 4.69) is 54.4 Å². The van der Waals surface area contributed by atoms with Gasteiger partial charge in [0.15, 0.2) is 5.96 Å². The zero-order valence-corrected chi connectivity index (χ0v) is 24.5. The second kappa shape index (κ2) is 12.8. The fourth-order valence-electron chi connectivity index (χ4n) is 5.81. The highest BCUT2D eigenvalue weighted by Crippen LogP contribution is 2.31. The summed E-state index contributed by atoms with van der Waals surface area (Å²) in [6.07, 6.45) is 1.98. The van der Waals surface area contributed by atoms with E-state index >= 15 is 0 Å². The Morgan fingerprint density at radius 1 is 1.19 bits per heavy atom. The van der Waals surface area contributed by atoms with Crippen molar-refractivity contribution in [3.8, 4) is 17.5 Å². The molecule has 0 aliphatic carbocycles. The van der Waals surface area contributed by atoms with Crippen LogP contribution in [0.3, 0.4) is 0 Å². The first-order valence-corrected chi connectivity index (χ1v) is 14.5. The predicted molar refractivity (Wildman–Crippen MR) is 168 cm³/mol. The molecule has 1 aliphatic heterocycles. The Balaban J connectivity index is 1.44. The lowest BCUT2D eigenvalue weighted by Gasteiger charge is -2.41. The van der Waals surface area contributed by atoms with E-state index in [0.717, 1.165) is 18.3 Å². The van der Waals surface area contributed by atoms with Crippen LogP contribution in [0.5, 0.6) is 0 Å². The number of nitrogens with one attached hydrogen (secondary N) is 2. The number of nitrogens with two attached hydrogens (primary N) is 1. The summed E-state index contributed by atoms with van der Waals surface area (Å²) < 4.78 is 1.88. The second-order valence-electron chi connectivity index (χ2n) is 11.0. The van der Waals surface area contributed by atoms with Crippen LogP contribution >= 0.6 is 0 Å². The van der Waals surface area contributed by atoms with Crippen molar-refractivity contribution in [1.82, 2.24) is 19.8 Å². The molecule has 4 aromatic rings. The Hall–Kier alpha value is -5.17. The molecule has 3 aromatic carbocycles. The van der Waals surface area contributed by atoms with E-state index in [1.54, 1.807) is 30.3 Å². The molecule has 10 heteroatoms. The van der Waals surface area contributed by atoms with Crippen LogP contribution in [0.1, 0.15) is 47.3 Å². The SMILES string of the molecule is Cc1cccc(N2CCN(C(=O)c3ccc4c(c3)nc(-c3cccc(C#N)c3)n4C(C=O)CCCNC(=N)N)CC2C)c1. The number of hydrogen-bond acceptors (Lipinski definition) is 6. The number of nitrogens with zero attached hydrogens (tertiary/aromatic N) is 5. The maximum atomic E-state index is 13.7. The molecule has 0 spiro atoms. The van der Waals surface area contributed by atoms with Crippen molar-refractivity contribution in [2.45, 2.75) is 38.8 Å². The van der Waals surface area contributed by atoms with Crippen molar-refractivity contribution in [3.63, 3.8) is 0 Å². The highest BCUT2D eigenvalue weighted by molar-refractivity contribution is 5.98. The van der Waals surface area contributed by atoms with Gasteiger partial charge in [0, 0.05) is 49.0 Å². The molecule has 1 fully saturated rings. The maximum absolute atomic E-state index is 13.7. The zero-order valence-electron chi connectivity index (χ0n) is 24.5. The third kappa shape index (κ3) is 6.36. The van der Waals surface area contributed by atoms with E-state index in [1.165, 1.54) is 11.3 Å². The van der Waals surface area contributed by atoms with Gasteiger partial charge < -0.3 is 30.2 Å². The number of guanidine groups is 1. The molecule has 10 nitrogen and oxygen atoms in total. The van der Waals surface area contributed by atoms with Gasteiger partial charge in [-0.15, -0.1) is 0 Å². The fraction of sp³-hybridized carbons (Fsp3) is 0.303. The summed E-state index contributed by atoms with van der Waals surface area (Å²) in [5.41, 5.74) is 10.8. The molecule has 220 valence electrons. The predicted octanol–water partition coefficient (Wildman–Crippen LogP) is 4.24. The third-order valence-electron chi connectivity index (χ3n) is 7.92. The van der Waals surface area contributed by atoms with Crippen LogP contribution < -0.4 is 16.0 Å². The van der Waals surface area contributed by atoms with Gasteiger partial charge in [0.05, 0.1) is 28.7 Å². The Morgan fingerprint density at radius 3 is 2.72 bits per heavy atom. The molecule has 5 rings (SSSR count). The average molecular weight is 577 g/mol. The summed E-state index contributed by atoms with van der Waals surface area (Å²) in [6, 6.07) is 22.8. The smallest absolute Gasteiger partial charge is 0.254 e. The van der Waals surface area contributed by atoms with Gasteiger partial charge in [0.25, 0.3) is 5.91 Å². The van der Waals surface area contributed by atoms with Crippen LogP contribution in [0.25, 0.3) is 22.4 Å². The largest absolute Gasteiger partial charge is 0.370 e. The minimum absolute atomic E-state index is 0.0533. The Kier molecular flexibility index (Phi) is 8.71. The van der Waals surface area contributed by atoms with Crippen LogP contribution in [0.2, 0.25) is 0 Å². The Labute approximate surface area is 251 Å². The van der Waals surface area contributed by atoms with E-state index in [0.29, 0.717) is 60.5 Å². The first-order valence-electron chi connectivity index (χ1n) is 14.5. The molecule has 43 heavy (non-hydrogen) atoms. The number of amides is 1. The highest BCUT2D eigenvalue weighted by atomic mass is 16.2. The van der Waals surface area contributed by atoms with Crippen molar-refractivity contribution in [3.05, 3.63) is 83.4 Å². The molecule has 1 aliphatic rings. The number of aldehydes is 1. The van der Waals surface area contributed by atoms with Crippen LogP contribution in [0, 0.1) is 23.7 Å². The number of imidazole rings is 1. The topological polar surface area (TPSA) is 144 Å². The molecule has 4 N–H and O–H groups in total. The van der Waals surface area contributed by atoms with Crippen LogP contribution in [0.15, 0.2) is 66.7 Å². The van der Waals surface area contributed by atoms with Gasteiger partial charge >= 0.3 is 0 Å². The number of piperazine rings is 1. The normalized spacial score (nSPS) is 15.6. The molecule has 1 saturated heterocycles. The lowest BCUT2D eigenvalue weighted by molar-refractivity contribution is -0.110. The molecule has 0 radical (unpaired) electrons. The summed E-state index contributed by atoms with van der Waals surface area (Å²) in [5.74, 6) is 0.379. The van der Waals surface area contributed by atoms with Gasteiger partial charge in [-0.05, 0) is 74.7 Å². The van der Waals surface area contributed by atoms with Crippen molar-refractivity contribution in [2.75, 3.05) is 31.1 Å². The highest BCUT2D eigenvalue weighted by Gasteiger charge is 2.28. The van der Waals surface area contributed by atoms with Crippen LogP contribution in [0.4, 0.5) is 5.69 Å². The molecule has 2 atom stereocenters. The Bertz CT molecular complexity index is 1700. The third-order valence-corrected chi connectivity index (χ3v) is 7.92. The van der Waals surface area contributed by atoms with Crippen LogP contribution in [-0.4, -0.2) is 64.8 Å². The summed E-state index contributed by atoms with van der Waals surface area (Å²) >= 11 is 0. The molecule has 0 saturated carbocycles. The number of anilines is 1. The molecular weight excluding hydrogens is 540 g/mol. The summed E-state index contributed by atoms with van der Waals surface area (Å²) in [4.78, 5) is 35.2.